The second-order valence-electron chi connectivity index (χ2n) is 6.04. The predicted octanol–water partition coefficient (Wildman–Crippen LogP) is 2.10. The molecule has 1 aliphatic heterocycles. The fourth-order valence-electron chi connectivity index (χ4n) is 3.05. The summed E-state index contributed by atoms with van der Waals surface area (Å²) in [5.41, 5.74) is 4.01. The van der Waals surface area contributed by atoms with E-state index < -0.39 is 0 Å². The van der Waals surface area contributed by atoms with E-state index in [-0.39, 0.29) is 11.7 Å². The fourth-order valence-corrected chi connectivity index (χ4v) is 3.05. The summed E-state index contributed by atoms with van der Waals surface area (Å²) in [6.07, 6.45) is 7.26. The Balaban J connectivity index is 1.98. The van der Waals surface area contributed by atoms with Crippen LogP contribution < -0.4 is 0 Å². The highest BCUT2D eigenvalue weighted by Crippen LogP contribution is 2.39. The molecule has 6 heteroatoms. The Morgan fingerprint density at radius 2 is 1.83 bits per heavy atom. The van der Waals surface area contributed by atoms with Crippen molar-refractivity contribution >= 4 is 23.0 Å². The maximum Gasteiger partial charge on any atom is 0.226 e. The lowest BCUT2D eigenvalue weighted by atomic mass is 9.79. The van der Waals surface area contributed by atoms with Crippen molar-refractivity contribution in [3.8, 4) is 5.88 Å². The highest BCUT2D eigenvalue weighted by Gasteiger charge is 2.37. The average Bonchev–Trinajstić information content (AvgIpc) is 3.02. The number of ketones is 1. The molecule has 1 aromatic rings. The number of carbonyl (C=O) groups excluding carboxylic acids is 1. The Morgan fingerprint density at radius 1 is 1.08 bits per heavy atom. The van der Waals surface area contributed by atoms with Gasteiger partial charge in [0, 0.05) is 43.1 Å². The van der Waals surface area contributed by atoms with Crippen molar-refractivity contribution in [2.45, 2.75) is 12.8 Å². The molecule has 0 unspecified atom stereocenters. The molecule has 6 nitrogen and oxygen atoms in total. The molecule has 0 bridgehead atoms. The van der Waals surface area contributed by atoms with Gasteiger partial charge in [-0.1, -0.05) is 12.2 Å². The number of aliphatic imine (C=N–C) groups is 2. The van der Waals surface area contributed by atoms with Crippen LogP contribution in [0.3, 0.4) is 0 Å². The quantitative estimate of drug-likeness (QED) is 0.859. The van der Waals surface area contributed by atoms with E-state index in [1.54, 1.807) is 6.07 Å². The van der Waals surface area contributed by atoms with E-state index in [2.05, 4.69) is 21.0 Å². The van der Waals surface area contributed by atoms with E-state index in [9.17, 15) is 9.90 Å². The third-order valence-corrected chi connectivity index (χ3v) is 4.20. The summed E-state index contributed by atoms with van der Waals surface area (Å²) >= 11 is 0. The lowest BCUT2D eigenvalue weighted by Gasteiger charge is -2.23. The number of aromatic hydroxyl groups is 1. The van der Waals surface area contributed by atoms with E-state index >= 15 is 0 Å². The number of hydrogen-bond donors (Lipinski definition) is 1. The van der Waals surface area contributed by atoms with Gasteiger partial charge >= 0.3 is 0 Å². The number of hydrogen-bond acceptors (Lipinski definition) is 6. The third-order valence-electron chi connectivity index (χ3n) is 4.20. The summed E-state index contributed by atoms with van der Waals surface area (Å²) < 4.78 is 0. The van der Waals surface area contributed by atoms with Crippen molar-refractivity contribution in [1.82, 2.24) is 9.88 Å². The zero-order chi connectivity index (χ0) is 16.8. The van der Waals surface area contributed by atoms with Crippen molar-refractivity contribution in [3.05, 3.63) is 52.9 Å². The van der Waals surface area contributed by atoms with Gasteiger partial charge in [0.05, 0.1) is 5.57 Å². The lowest BCUT2D eigenvalue weighted by Crippen LogP contribution is -2.23. The fraction of sp³-hybridized carbons (Fsp3) is 0.222. The Labute approximate surface area is 139 Å². The van der Waals surface area contributed by atoms with Crippen LogP contribution in [0.1, 0.15) is 18.4 Å². The first-order valence-corrected chi connectivity index (χ1v) is 7.77. The van der Waals surface area contributed by atoms with Gasteiger partial charge in [0.2, 0.25) is 11.8 Å². The number of guanidine groups is 1. The summed E-state index contributed by atoms with van der Waals surface area (Å²) in [5, 5.41) is 9.42. The number of aromatic nitrogens is 1. The molecule has 1 aromatic heterocycles. The molecule has 120 valence electrons. The van der Waals surface area contributed by atoms with E-state index in [0.717, 1.165) is 24.1 Å². The van der Waals surface area contributed by atoms with Crippen LogP contribution >= 0.6 is 0 Å². The van der Waals surface area contributed by atoms with Crippen LogP contribution in [0, 0.1) is 0 Å². The van der Waals surface area contributed by atoms with Gasteiger partial charge in [0.25, 0.3) is 0 Å². The molecular formula is C18H16N4O2. The number of fused-ring (bicyclic) bond motifs is 3. The standard InChI is InChI=1S/C18H16N4O2/c1-22(2)18-20-15-11-5-3-4-6-12(11)17(24)14(16(15)21-18)10-7-8-13(23)19-9-10/h5-9H,3-4H2,1-2H3,(H,19,23). The van der Waals surface area contributed by atoms with Gasteiger partial charge in [-0.05, 0) is 18.9 Å². The first-order chi connectivity index (χ1) is 11.6. The molecule has 3 aliphatic rings. The van der Waals surface area contributed by atoms with E-state index in [1.807, 2.05) is 25.1 Å². The largest absolute Gasteiger partial charge is 0.493 e. The number of allylic oxidation sites excluding steroid dienone is 5. The molecule has 24 heavy (non-hydrogen) atoms. The average molecular weight is 320 g/mol. The van der Waals surface area contributed by atoms with Crippen molar-refractivity contribution in [2.24, 2.45) is 9.98 Å². The smallest absolute Gasteiger partial charge is 0.226 e. The molecule has 0 atom stereocenters. The highest BCUT2D eigenvalue weighted by atomic mass is 16.3. The first-order valence-electron chi connectivity index (χ1n) is 7.77. The lowest BCUT2D eigenvalue weighted by molar-refractivity contribution is -0.110. The number of Topliss-reactive ketones (excluding diaryl/α,β-unsaturated/α-hetero) is 1. The maximum atomic E-state index is 13.1. The Morgan fingerprint density at radius 3 is 2.50 bits per heavy atom. The molecule has 0 radical (unpaired) electrons. The van der Waals surface area contributed by atoms with Gasteiger partial charge in [-0.2, -0.15) is 0 Å². The number of nitrogens with zero attached hydrogens (tertiary/aromatic N) is 4. The minimum Gasteiger partial charge on any atom is -0.493 e. The van der Waals surface area contributed by atoms with Crippen molar-refractivity contribution in [1.29, 1.82) is 0 Å². The summed E-state index contributed by atoms with van der Waals surface area (Å²) in [5.74, 6) is 0.429. The molecule has 1 N–H and O–H groups in total. The van der Waals surface area contributed by atoms with Gasteiger partial charge in [0.1, 0.15) is 11.4 Å². The topological polar surface area (TPSA) is 78.1 Å². The second-order valence-corrected chi connectivity index (χ2v) is 6.04. The minimum atomic E-state index is -0.0807. The van der Waals surface area contributed by atoms with Crippen LogP contribution in [-0.4, -0.2) is 46.5 Å². The van der Waals surface area contributed by atoms with Crippen molar-refractivity contribution in [2.75, 3.05) is 14.1 Å². The Hall–Kier alpha value is -3.02. The van der Waals surface area contributed by atoms with Crippen LogP contribution in [-0.2, 0) is 4.79 Å². The van der Waals surface area contributed by atoms with Gasteiger partial charge in [-0.3, -0.25) is 4.79 Å². The van der Waals surface area contributed by atoms with Gasteiger partial charge < -0.3 is 10.0 Å². The molecule has 2 aliphatic carbocycles. The predicted molar refractivity (Wildman–Crippen MR) is 91.8 cm³/mol. The van der Waals surface area contributed by atoms with Crippen LogP contribution in [0.4, 0.5) is 0 Å². The second kappa shape index (κ2) is 5.26. The van der Waals surface area contributed by atoms with Crippen molar-refractivity contribution < 1.29 is 9.90 Å². The molecule has 0 saturated heterocycles. The number of pyridine rings is 1. The molecule has 4 rings (SSSR count). The number of rotatable bonds is 1. The summed E-state index contributed by atoms with van der Waals surface area (Å²) in [4.78, 5) is 28.0. The summed E-state index contributed by atoms with van der Waals surface area (Å²) in [6, 6.07) is 3.15. The van der Waals surface area contributed by atoms with E-state index in [1.165, 1.54) is 12.3 Å². The van der Waals surface area contributed by atoms with Gasteiger partial charge in [-0.25, -0.2) is 15.0 Å². The maximum absolute atomic E-state index is 13.1. The van der Waals surface area contributed by atoms with E-state index in [0.29, 0.717) is 28.4 Å². The van der Waals surface area contributed by atoms with Gasteiger partial charge in [-0.15, -0.1) is 0 Å². The number of carbonyl (C=O) groups is 1. The third kappa shape index (κ3) is 2.11. The van der Waals surface area contributed by atoms with Crippen LogP contribution in [0.2, 0.25) is 0 Å². The molecule has 0 spiro atoms. The molecule has 0 amide bonds. The Kier molecular flexibility index (Phi) is 3.19. The molecule has 0 saturated carbocycles. The molecule has 2 heterocycles. The SMILES string of the molecule is CN(C)C1=NC2=C(c3ccc(O)nc3)C(=O)C3=CCCC=C3C2=N1. The zero-order valence-corrected chi connectivity index (χ0v) is 13.4. The van der Waals surface area contributed by atoms with Crippen LogP contribution in [0.25, 0.3) is 5.57 Å². The molecule has 0 fully saturated rings. The Bertz CT molecular complexity index is 899. The zero-order valence-electron chi connectivity index (χ0n) is 13.4. The minimum absolute atomic E-state index is 0.0638. The summed E-state index contributed by atoms with van der Waals surface area (Å²) in [6.45, 7) is 0. The normalized spacial score (nSPS) is 19.2. The molecule has 0 aromatic carbocycles. The van der Waals surface area contributed by atoms with Crippen molar-refractivity contribution in [3.63, 3.8) is 0 Å². The molecular weight excluding hydrogens is 304 g/mol. The van der Waals surface area contributed by atoms with E-state index in [4.69, 9.17) is 0 Å². The van der Waals surface area contributed by atoms with Crippen LogP contribution in [0.5, 0.6) is 5.88 Å². The summed E-state index contributed by atoms with van der Waals surface area (Å²) in [7, 11) is 3.74. The first kappa shape index (κ1) is 14.6. The highest BCUT2D eigenvalue weighted by molar-refractivity contribution is 6.45. The van der Waals surface area contributed by atoms with Crippen LogP contribution in [0.15, 0.2) is 57.3 Å². The van der Waals surface area contributed by atoms with Gasteiger partial charge in [0.15, 0.2) is 5.78 Å². The monoisotopic (exact) mass is 320 g/mol.